The summed E-state index contributed by atoms with van der Waals surface area (Å²) in [6.45, 7) is 2.34. The zero-order valence-electron chi connectivity index (χ0n) is 13.6. The fraction of sp³-hybridized carbons (Fsp3) is 0.176. The number of anilines is 1. The van der Waals surface area contributed by atoms with E-state index < -0.39 is 0 Å². The first-order valence-corrected chi connectivity index (χ1v) is 8.49. The fourth-order valence-corrected chi connectivity index (χ4v) is 2.70. The van der Waals surface area contributed by atoms with Crippen LogP contribution in [-0.4, -0.2) is 24.7 Å². The van der Waals surface area contributed by atoms with Crippen molar-refractivity contribution < 1.29 is 14.3 Å². The number of carbonyl (C=O) groups is 1. The summed E-state index contributed by atoms with van der Waals surface area (Å²) in [6.07, 6.45) is 0. The molecule has 0 atom stereocenters. The molecule has 0 bridgehead atoms. The van der Waals surface area contributed by atoms with Crippen LogP contribution in [0.1, 0.15) is 17.3 Å². The molecule has 2 rings (SSSR count). The lowest BCUT2D eigenvalue weighted by Gasteiger charge is -2.12. The Kier molecular flexibility index (Phi) is 6.87. The highest BCUT2D eigenvalue weighted by atomic mass is 35.5. The number of carbonyl (C=O) groups excluding carboxylic acids is 1. The standard InChI is InChI=1S/C17H16Cl2N2O3S/c1-3-24-15-6-4-10(8-12(15)18)16(22)21-17(25)20-11-5-7-14(23-2)13(19)9-11/h4-9H,3H2,1-2H3,(H2,20,21,22,25). The van der Waals surface area contributed by atoms with Gasteiger partial charge in [0.25, 0.3) is 5.91 Å². The molecule has 5 nitrogen and oxygen atoms in total. The van der Waals surface area contributed by atoms with E-state index in [2.05, 4.69) is 10.6 Å². The van der Waals surface area contributed by atoms with Crippen molar-refractivity contribution in [1.29, 1.82) is 0 Å². The molecule has 132 valence electrons. The molecule has 0 radical (unpaired) electrons. The van der Waals surface area contributed by atoms with E-state index in [0.717, 1.165) is 0 Å². The van der Waals surface area contributed by atoms with E-state index in [0.29, 0.717) is 39.4 Å². The van der Waals surface area contributed by atoms with E-state index in [-0.39, 0.29) is 11.0 Å². The number of ether oxygens (including phenoxy) is 2. The molecule has 0 aliphatic carbocycles. The van der Waals surface area contributed by atoms with Crippen LogP contribution in [0.15, 0.2) is 36.4 Å². The number of hydrogen-bond donors (Lipinski definition) is 2. The summed E-state index contributed by atoms with van der Waals surface area (Å²) in [4.78, 5) is 12.2. The number of methoxy groups -OCH3 is 1. The van der Waals surface area contributed by atoms with Crippen molar-refractivity contribution in [2.75, 3.05) is 19.0 Å². The van der Waals surface area contributed by atoms with Crippen LogP contribution >= 0.6 is 35.4 Å². The normalized spacial score (nSPS) is 10.1. The van der Waals surface area contributed by atoms with Crippen LogP contribution in [0.3, 0.4) is 0 Å². The average molecular weight is 399 g/mol. The Morgan fingerprint density at radius 1 is 1.12 bits per heavy atom. The van der Waals surface area contributed by atoms with Gasteiger partial charge >= 0.3 is 0 Å². The SMILES string of the molecule is CCOc1ccc(C(=O)NC(=S)Nc2ccc(OC)c(Cl)c2)cc1Cl. The molecule has 25 heavy (non-hydrogen) atoms. The molecule has 0 unspecified atom stereocenters. The Bertz CT molecular complexity index is 799. The van der Waals surface area contributed by atoms with E-state index in [1.165, 1.54) is 13.2 Å². The molecule has 2 aromatic rings. The molecule has 0 fully saturated rings. The maximum atomic E-state index is 12.2. The van der Waals surface area contributed by atoms with Gasteiger partial charge in [0.1, 0.15) is 11.5 Å². The van der Waals surface area contributed by atoms with Gasteiger partial charge in [-0.3, -0.25) is 10.1 Å². The zero-order chi connectivity index (χ0) is 18.4. The van der Waals surface area contributed by atoms with Gasteiger partial charge in [0.2, 0.25) is 0 Å². The van der Waals surface area contributed by atoms with Crippen molar-refractivity contribution in [2.45, 2.75) is 6.92 Å². The lowest BCUT2D eigenvalue weighted by Crippen LogP contribution is -2.34. The van der Waals surface area contributed by atoms with Crippen LogP contribution in [0.25, 0.3) is 0 Å². The maximum absolute atomic E-state index is 12.2. The number of amides is 1. The van der Waals surface area contributed by atoms with E-state index in [1.807, 2.05) is 6.92 Å². The molecule has 2 N–H and O–H groups in total. The first kappa shape index (κ1) is 19.3. The van der Waals surface area contributed by atoms with Crippen molar-refractivity contribution in [3.63, 3.8) is 0 Å². The highest BCUT2D eigenvalue weighted by Gasteiger charge is 2.11. The lowest BCUT2D eigenvalue weighted by atomic mass is 10.2. The Balaban J connectivity index is 2.01. The van der Waals surface area contributed by atoms with Gasteiger partial charge in [0.05, 0.1) is 23.8 Å². The molecule has 8 heteroatoms. The van der Waals surface area contributed by atoms with E-state index >= 15 is 0 Å². The minimum absolute atomic E-state index is 0.135. The molecular weight excluding hydrogens is 383 g/mol. The monoisotopic (exact) mass is 398 g/mol. The predicted octanol–water partition coefficient (Wildman–Crippen LogP) is 4.53. The molecule has 0 saturated heterocycles. The van der Waals surface area contributed by atoms with E-state index in [4.69, 9.17) is 44.9 Å². The summed E-state index contributed by atoms with van der Waals surface area (Å²) in [5.74, 6) is 0.683. The third kappa shape index (κ3) is 5.22. The van der Waals surface area contributed by atoms with Crippen LogP contribution in [0.5, 0.6) is 11.5 Å². The summed E-state index contributed by atoms with van der Waals surface area (Å²) in [6, 6.07) is 9.85. The van der Waals surface area contributed by atoms with Crippen molar-refractivity contribution >= 4 is 52.1 Å². The number of hydrogen-bond acceptors (Lipinski definition) is 4. The highest BCUT2D eigenvalue weighted by Crippen LogP contribution is 2.27. The summed E-state index contributed by atoms with van der Waals surface area (Å²) in [5, 5.41) is 6.38. The number of thiocarbonyl (C=S) groups is 1. The molecule has 0 aromatic heterocycles. The Morgan fingerprint density at radius 3 is 2.40 bits per heavy atom. The molecule has 0 aliphatic rings. The second kappa shape index (κ2) is 8.89. The van der Waals surface area contributed by atoms with Crippen molar-refractivity contribution in [1.82, 2.24) is 5.32 Å². The first-order valence-electron chi connectivity index (χ1n) is 7.32. The van der Waals surface area contributed by atoms with Crippen LogP contribution in [0.4, 0.5) is 5.69 Å². The molecular formula is C17H16Cl2N2O3S. The van der Waals surface area contributed by atoms with Crippen molar-refractivity contribution in [2.24, 2.45) is 0 Å². The van der Waals surface area contributed by atoms with Crippen molar-refractivity contribution in [3.8, 4) is 11.5 Å². The third-order valence-electron chi connectivity index (χ3n) is 3.13. The fourth-order valence-electron chi connectivity index (χ4n) is 2.00. The molecule has 0 aliphatic heterocycles. The van der Waals surface area contributed by atoms with Gasteiger partial charge in [0, 0.05) is 11.3 Å². The summed E-state index contributed by atoms with van der Waals surface area (Å²) in [5.41, 5.74) is 0.992. The topological polar surface area (TPSA) is 59.6 Å². The van der Waals surface area contributed by atoms with Gasteiger partial charge < -0.3 is 14.8 Å². The summed E-state index contributed by atoms with van der Waals surface area (Å²) >= 11 is 17.3. The second-order valence-electron chi connectivity index (χ2n) is 4.84. The molecule has 0 saturated carbocycles. The Hall–Kier alpha value is -2.02. The summed E-state index contributed by atoms with van der Waals surface area (Å²) < 4.78 is 10.4. The number of nitrogens with one attached hydrogen (secondary N) is 2. The third-order valence-corrected chi connectivity index (χ3v) is 3.93. The molecule has 0 spiro atoms. The molecule has 1 amide bonds. The van der Waals surface area contributed by atoms with E-state index in [9.17, 15) is 4.79 Å². The van der Waals surface area contributed by atoms with Crippen molar-refractivity contribution in [3.05, 3.63) is 52.0 Å². The van der Waals surface area contributed by atoms with Gasteiger partial charge in [-0.25, -0.2) is 0 Å². The van der Waals surface area contributed by atoms with Crippen LogP contribution < -0.4 is 20.1 Å². The Morgan fingerprint density at radius 2 is 1.80 bits per heavy atom. The van der Waals surface area contributed by atoms with Gasteiger partial charge in [-0.1, -0.05) is 23.2 Å². The summed E-state index contributed by atoms with van der Waals surface area (Å²) in [7, 11) is 1.53. The Labute approximate surface area is 161 Å². The minimum atomic E-state index is -0.387. The molecule has 0 heterocycles. The van der Waals surface area contributed by atoms with Gasteiger partial charge in [-0.05, 0) is 55.5 Å². The average Bonchev–Trinajstić information content (AvgIpc) is 2.57. The largest absolute Gasteiger partial charge is 0.495 e. The minimum Gasteiger partial charge on any atom is -0.495 e. The number of benzene rings is 2. The van der Waals surface area contributed by atoms with Gasteiger partial charge in [-0.2, -0.15) is 0 Å². The van der Waals surface area contributed by atoms with Crippen LogP contribution in [-0.2, 0) is 0 Å². The zero-order valence-corrected chi connectivity index (χ0v) is 15.9. The van der Waals surface area contributed by atoms with Gasteiger partial charge in [0.15, 0.2) is 5.11 Å². The number of halogens is 2. The van der Waals surface area contributed by atoms with E-state index in [1.54, 1.807) is 30.3 Å². The maximum Gasteiger partial charge on any atom is 0.257 e. The smallest absolute Gasteiger partial charge is 0.257 e. The molecule has 2 aromatic carbocycles. The number of rotatable bonds is 5. The first-order chi connectivity index (χ1) is 11.9. The highest BCUT2D eigenvalue weighted by molar-refractivity contribution is 7.80. The van der Waals surface area contributed by atoms with Crippen LogP contribution in [0, 0.1) is 0 Å². The van der Waals surface area contributed by atoms with Crippen LogP contribution in [0.2, 0.25) is 10.0 Å². The lowest BCUT2D eigenvalue weighted by molar-refractivity contribution is 0.0977. The second-order valence-corrected chi connectivity index (χ2v) is 6.06. The predicted molar refractivity (Wildman–Crippen MR) is 104 cm³/mol. The quantitative estimate of drug-likeness (QED) is 0.724. The van der Waals surface area contributed by atoms with Gasteiger partial charge in [-0.15, -0.1) is 0 Å².